The van der Waals surface area contributed by atoms with E-state index < -0.39 is 17.9 Å². The van der Waals surface area contributed by atoms with Gasteiger partial charge in [-0.1, -0.05) is 5.92 Å². The molecule has 4 N–H and O–H groups in total. The number of nitrogens with two attached hydrogens (primary N) is 2. The maximum absolute atomic E-state index is 10.8. The maximum Gasteiger partial charge on any atom is 0.324 e. The van der Waals surface area contributed by atoms with Crippen LogP contribution >= 0.6 is 0 Å². The van der Waals surface area contributed by atoms with E-state index in [0.717, 1.165) is 0 Å². The van der Waals surface area contributed by atoms with E-state index in [1.165, 1.54) is 0 Å². The summed E-state index contributed by atoms with van der Waals surface area (Å²) in [6.07, 6.45) is 4.59. The lowest BCUT2D eigenvalue weighted by Gasteiger charge is -2.06. The third-order valence-corrected chi connectivity index (χ3v) is 1.02. The maximum atomic E-state index is 10.8. The van der Waals surface area contributed by atoms with Crippen LogP contribution in [0.5, 0.6) is 0 Å². The Hall–Kier alpha value is -1.54. The Morgan fingerprint density at radius 3 is 2.58 bits per heavy atom. The van der Waals surface area contributed by atoms with Crippen LogP contribution in [-0.2, 0) is 14.3 Å². The molecule has 0 aromatic rings. The molecule has 0 bridgehead atoms. The van der Waals surface area contributed by atoms with Crippen LogP contribution in [0.25, 0.3) is 0 Å². The van der Waals surface area contributed by atoms with Gasteiger partial charge in [0.15, 0.2) is 6.61 Å². The van der Waals surface area contributed by atoms with Crippen LogP contribution in [0, 0.1) is 12.3 Å². The monoisotopic (exact) mass is 170 g/mol. The standard InChI is InChI=1S/C7H10N2O3/c1-2-3-12-7(11)5(8)4-6(9)10/h1,5H,3-4,8H2,(H2,9,10)/t5-/m0/s1. The first-order chi connectivity index (χ1) is 5.57. The first-order valence-corrected chi connectivity index (χ1v) is 3.22. The molecule has 0 saturated heterocycles. The summed E-state index contributed by atoms with van der Waals surface area (Å²) in [4.78, 5) is 21.1. The molecule has 12 heavy (non-hydrogen) atoms. The molecule has 0 aromatic heterocycles. The highest BCUT2D eigenvalue weighted by atomic mass is 16.5. The predicted octanol–water partition coefficient (Wildman–Crippen LogP) is -1.63. The second-order valence-corrected chi connectivity index (χ2v) is 2.09. The molecule has 0 aliphatic heterocycles. The summed E-state index contributed by atoms with van der Waals surface area (Å²) in [5.41, 5.74) is 10.0. The lowest BCUT2D eigenvalue weighted by atomic mass is 10.2. The molecule has 0 aromatic carbocycles. The first-order valence-electron chi connectivity index (χ1n) is 3.22. The van der Waals surface area contributed by atoms with Gasteiger partial charge in [0.05, 0.1) is 6.42 Å². The molecule has 0 saturated carbocycles. The number of hydrogen-bond donors (Lipinski definition) is 2. The first kappa shape index (κ1) is 10.5. The van der Waals surface area contributed by atoms with Gasteiger partial charge in [-0.2, -0.15) is 0 Å². The summed E-state index contributed by atoms with van der Waals surface area (Å²) < 4.78 is 4.45. The Morgan fingerprint density at radius 2 is 2.17 bits per heavy atom. The molecule has 0 heterocycles. The fourth-order valence-corrected chi connectivity index (χ4v) is 0.520. The van der Waals surface area contributed by atoms with Gasteiger partial charge in [0.1, 0.15) is 6.04 Å². The van der Waals surface area contributed by atoms with Crippen molar-refractivity contribution in [2.75, 3.05) is 6.61 Å². The van der Waals surface area contributed by atoms with Gasteiger partial charge in [0.25, 0.3) is 0 Å². The molecule has 0 radical (unpaired) electrons. The van der Waals surface area contributed by atoms with Crippen LogP contribution in [0.4, 0.5) is 0 Å². The van der Waals surface area contributed by atoms with Crippen LogP contribution < -0.4 is 11.5 Å². The van der Waals surface area contributed by atoms with Crippen LogP contribution in [0.3, 0.4) is 0 Å². The van der Waals surface area contributed by atoms with Crippen molar-refractivity contribution in [2.24, 2.45) is 11.5 Å². The second kappa shape index (κ2) is 5.16. The summed E-state index contributed by atoms with van der Waals surface area (Å²) in [7, 11) is 0. The minimum absolute atomic E-state index is 0.148. The van der Waals surface area contributed by atoms with Crippen molar-refractivity contribution in [3.8, 4) is 12.3 Å². The third-order valence-electron chi connectivity index (χ3n) is 1.02. The summed E-state index contributed by atoms with van der Waals surface area (Å²) in [5.74, 6) is 0.723. The zero-order chi connectivity index (χ0) is 9.56. The minimum atomic E-state index is -1.02. The highest BCUT2D eigenvalue weighted by molar-refractivity contribution is 5.84. The fourth-order valence-electron chi connectivity index (χ4n) is 0.520. The van der Waals surface area contributed by atoms with Crippen LogP contribution in [0.1, 0.15) is 6.42 Å². The van der Waals surface area contributed by atoms with E-state index in [0.29, 0.717) is 0 Å². The Labute approximate surface area is 70.0 Å². The van der Waals surface area contributed by atoms with E-state index in [9.17, 15) is 9.59 Å². The molecule has 0 unspecified atom stereocenters. The van der Waals surface area contributed by atoms with E-state index >= 15 is 0 Å². The Morgan fingerprint density at radius 1 is 1.58 bits per heavy atom. The van der Waals surface area contributed by atoms with Gasteiger partial charge in [-0.25, -0.2) is 0 Å². The van der Waals surface area contributed by atoms with E-state index in [-0.39, 0.29) is 13.0 Å². The number of rotatable bonds is 4. The predicted molar refractivity (Wildman–Crippen MR) is 41.6 cm³/mol. The topological polar surface area (TPSA) is 95.4 Å². The molecular formula is C7H10N2O3. The number of hydrogen-bond acceptors (Lipinski definition) is 4. The van der Waals surface area contributed by atoms with Gasteiger partial charge in [-0.3, -0.25) is 9.59 Å². The number of esters is 1. The number of carbonyl (C=O) groups excluding carboxylic acids is 2. The Kier molecular flexibility index (Phi) is 4.49. The van der Waals surface area contributed by atoms with Crippen molar-refractivity contribution in [3.05, 3.63) is 0 Å². The van der Waals surface area contributed by atoms with Crippen molar-refractivity contribution in [1.82, 2.24) is 0 Å². The van der Waals surface area contributed by atoms with Gasteiger partial charge in [0.2, 0.25) is 5.91 Å². The molecule has 0 fully saturated rings. The summed E-state index contributed by atoms with van der Waals surface area (Å²) >= 11 is 0. The second-order valence-electron chi connectivity index (χ2n) is 2.09. The molecule has 5 nitrogen and oxygen atoms in total. The van der Waals surface area contributed by atoms with E-state index in [1.54, 1.807) is 0 Å². The summed E-state index contributed by atoms with van der Waals surface area (Å²) in [6.45, 7) is -0.148. The van der Waals surface area contributed by atoms with Gasteiger partial charge in [-0.05, 0) is 0 Å². The van der Waals surface area contributed by atoms with E-state index in [2.05, 4.69) is 10.7 Å². The smallest absolute Gasteiger partial charge is 0.324 e. The minimum Gasteiger partial charge on any atom is -0.451 e. The van der Waals surface area contributed by atoms with E-state index in [4.69, 9.17) is 17.9 Å². The molecule has 1 atom stereocenters. The number of ether oxygens (including phenoxy) is 1. The van der Waals surface area contributed by atoms with Crippen molar-refractivity contribution >= 4 is 11.9 Å². The molecule has 0 aliphatic rings. The summed E-state index contributed by atoms with van der Waals surface area (Å²) in [6, 6.07) is -1.02. The van der Waals surface area contributed by atoms with Crippen molar-refractivity contribution in [2.45, 2.75) is 12.5 Å². The normalized spacial score (nSPS) is 11.3. The van der Waals surface area contributed by atoms with Crippen molar-refractivity contribution in [1.29, 1.82) is 0 Å². The molecule has 66 valence electrons. The largest absolute Gasteiger partial charge is 0.451 e. The highest BCUT2D eigenvalue weighted by Crippen LogP contribution is 1.90. The van der Waals surface area contributed by atoms with Crippen molar-refractivity contribution in [3.63, 3.8) is 0 Å². The Bertz CT molecular complexity index is 219. The number of terminal acetylenes is 1. The average Bonchev–Trinajstić information content (AvgIpc) is 1.98. The highest BCUT2D eigenvalue weighted by Gasteiger charge is 2.16. The number of primary amides is 1. The molecule has 1 amide bonds. The third kappa shape index (κ3) is 4.30. The van der Waals surface area contributed by atoms with Crippen molar-refractivity contribution < 1.29 is 14.3 Å². The molecule has 0 rings (SSSR count). The zero-order valence-corrected chi connectivity index (χ0v) is 6.45. The SMILES string of the molecule is C#CCOC(=O)[C@@H](N)CC(N)=O. The molecule has 0 aliphatic carbocycles. The lowest BCUT2D eigenvalue weighted by molar-refractivity contribution is -0.145. The lowest BCUT2D eigenvalue weighted by Crippen LogP contribution is -2.36. The van der Waals surface area contributed by atoms with Gasteiger partial charge < -0.3 is 16.2 Å². The summed E-state index contributed by atoms with van der Waals surface area (Å²) in [5, 5.41) is 0. The average molecular weight is 170 g/mol. The van der Waals surface area contributed by atoms with Crippen LogP contribution in [0.2, 0.25) is 0 Å². The van der Waals surface area contributed by atoms with Gasteiger partial charge in [-0.15, -0.1) is 6.42 Å². The number of amides is 1. The number of carbonyl (C=O) groups is 2. The van der Waals surface area contributed by atoms with Crippen LogP contribution in [-0.4, -0.2) is 24.5 Å². The molecule has 0 spiro atoms. The quantitative estimate of drug-likeness (QED) is 0.391. The van der Waals surface area contributed by atoms with E-state index in [1.807, 2.05) is 0 Å². The van der Waals surface area contributed by atoms with Crippen LogP contribution in [0.15, 0.2) is 0 Å². The molecular weight excluding hydrogens is 160 g/mol. The Balaban J connectivity index is 3.78. The fraction of sp³-hybridized carbons (Fsp3) is 0.429. The zero-order valence-electron chi connectivity index (χ0n) is 6.45. The molecule has 5 heteroatoms. The van der Waals surface area contributed by atoms with Gasteiger partial charge >= 0.3 is 5.97 Å². The van der Waals surface area contributed by atoms with Gasteiger partial charge in [0, 0.05) is 0 Å².